The third-order valence-corrected chi connectivity index (χ3v) is 4.52. The van der Waals surface area contributed by atoms with E-state index < -0.39 is 0 Å². The van der Waals surface area contributed by atoms with E-state index in [9.17, 15) is 5.11 Å². The van der Waals surface area contributed by atoms with Crippen LogP contribution in [0.15, 0.2) is 35.3 Å². The predicted octanol–water partition coefficient (Wildman–Crippen LogP) is 1.96. The van der Waals surface area contributed by atoms with Gasteiger partial charge in [-0.2, -0.15) is 0 Å². The number of hydrogen-bond donors (Lipinski definition) is 3. The standard InChI is InChI=1S/C19H31N3O2/c1-2-20-18(21-12-6-9-17-7-4-3-5-8-17)22-15-19(10-13-23)11-14-24-16-19/h3-5,7-8,23H,2,6,9-16H2,1H3,(H2,20,21,22). The lowest BCUT2D eigenvalue weighted by Crippen LogP contribution is -2.39. The van der Waals surface area contributed by atoms with Crippen LogP contribution in [0.4, 0.5) is 0 Å². The van der Waals surface area contributed by atoms with Gasteiger partial charge in [-0.25, -0.2) is 0 Å². The molecule has 0 saturated carbocycles. The van der Waals surface area contributed by atoms with Crippen molar-refractivity contribution >= 4 is 5.96 Å². The van der Waals surface area contributed by atoms with Gasteiger partial charge in [0, 0.05) is 31.7 Å². The predicted molar refractivity (Wildman–Crippen MR) is 98.3 cm³/mol. The molecule has 1 unspecified atom stereocenters. The SMILES string of the molecule is CCNC(=NCC1(CCO)CCOC1)NCCCc1ccccc1. The molecule has 0 spiro atoms. The van der Waals surface area contributed by atoms with E-state index in [1.165, 1.54) is 5.56 Å². The fourth-order valence-corrected chi connectivity index (χ4v) is 3.02. The van der Waals surface area contributed by atoms with Gasteiger partial charge in [0.25, 0.3) is 0 Å². The third kappa shape index (κ3) is 6.13. The Hall–Kier alpha value is -1.59. The van der Waals surface area contributed by atoms with E-state index >= 15 is 0 Å². The topological polar surface area (TPSA) is 65.9 Å². The Morgan fingerprint density at radius 1 is 1.29 bits per heavy atom. The minimum atomic E-state index is 0.00113. The summed E-state index contributed by atoms with van der Waals surface area (Å²) >= 11 is 0. The first-order chi connectivity index (χ1) is 11.8. The van der Waals surface area contributed by atoms with Crippen LogP contribution in [0.3, 0.4) is 0 Å². The molecule has 134 valence electrons. The maximum absolute atomic E-state index is 9.31. The summed E-state index contributed by atoms with van der Waals surface area (Å²) in [5, 5.41) is 16.0. The van der Waals surface area contributed by atoms with Gasteiger partial charge in [-0.3, -0.25) is 4.99 Å². The molecule has 0 aliphatic carbocycles. The van der Waals surface area contributed by atoms with Crippen LogP contribution in [0.25, 0.3) is 0 Å². The summed E-state index contributed by atoms with van der Waals surface area (Å²) in [5.41, 5.74) is 1.37. The Balaban J connectivity index is 1.79. The van der Waals surface area contributed by atoms with Gasteiger partial charge in [-0.05, 0) is 38.2 Å². The van der Waals surface area contributed by atoms with Crippen molar-refractivity contribution in [3.63, 3.8) is 0 Å². The molecule has 1 fully saturated rings. The van der Waals surface area contributed by atoms with E-state index in [1.807, 2.05) is 6.07 Å². The normalized spacial score (nSPS) is 21.0. The average molecular weight is 333 g/mol. The molecule has 0 aromatic heterocycles. The van der Waals surface area contributed by atoms with Crippen LogP contribution < -0.4 is 10.6 Å². The van der Waals surface area contributed by atoms with Crippen LogP contribution in [-0.2, 0) is 11.2 Å². The molecule has 5 heteroatoms. The molecular formula is C19H31N3O2. The number of aryl methyl sites for hydroxylation is 1. The Kier molecular flexibility index (Phi) is 8.05. The second-order valence-electron chi connectivity index (χ2n) is 6.49. The van der Waals surface area contributed by atoms with Crippen LogP contribution in [0.2, 0.25) is 0 Å². The Labute approximate surface area is 145 Å². The first kappa shape index (κ1) is 18.7. The van der Waals surface area contributed by atoms with Crippen molar-refractivity contribution in [2.45, 2.75) is 32.6 Å². The molecule has 1 heterocycles. The highest BCUT2D eigenvalue weighted by Gasteiger charge is 2.34. The highest BCUT2D eigenvalue weighted by molar-refractivity contribution is 5.79. The molecule has 3 N–H and O–H groups in total. The number of aliphatic hydroxyl groups is 1. The zero-order valence-electron chi connectivity index (χ0n) is 14.8. The lowest BCUT2D eigenvalue weighted by Gasteiger charge is -2.24. The van der Waals surface area contributed by atoms with Crippen molar-refractivity contribution in [3.05, 3.63) is 35.9 Å². The number of ether oxygens (including phenoxy) is 1. The number of nitrogens with zero attached hydrogens (tertiary/aromatic N) is 1. The van der Waals surface area contributed by atoms with Gasteiger partial charge in [0.2, 0.25) is 0 Å². The summed E-state index contributed by atoms with van der Waals surface area (Å²) in [6, 6.07) is 10.5. The smallest absolute Gasteiger partial charge is 0.191 e. The Morgan fingerprint density at radius 3 is 2.79 bits per heavy atom. The highest BCUT2D eigenvalue weighted by atomic mass is 16.5. The second kappa shape index (κ2) is 10.3. The zero-order chi connectivity index (χ0) is 17.1. The Morgan fingerprint density at radius 2 is 2.12 bits per heavy atom. The second-order valence-corrected chi connectivity index (χ2v) is 6.49. The van der Waals surface area contributed by atoms with Crippen LogP contribution in [0.1, 0.15) is 31.7 Å². The van der Waals surface area contributed by atoms with Crippen LogP contribution in [-0.4, -0.2) is 50.5 Å². The van der Waals surface area contributed by atoms with E-state index in [-0.39, 0.29) is 12.0 Å². The minimum absolute atomic E-state index is 0.00113. The molecular weight excluding hydrogens is 302 g/mol. The molecule has 5 nitrogen and oxygen atoms in total. The molecule has 0 radical (unpaired) electrons. The van der Waals surface area contributed by atoms with Gasteiger partial charge in [0.15, 0.2) is 5.96 Å². The summed E-state index contributed by atoms with van der Waals surface area (Å²) < 4.78 is 5.53. The van der Waals surface area contributed by atoms with Crippen LogP contribution >= 0.6 is 0 Å². The number of hydrogen-bond acceptors (Lipinski definition) is 3. The van der Waals surface area contributed by atoms with Crippen molar-refractivity contribution in [1.29, 1.82) is 0 Å². The van der Waals surface area contributed by atoms with E-state index in [4.69, 9.17) is 9.73 Å². The minimum Gasteiger partial charge on any atom is -0.396 e. The van der Waals surface area contributed by atoms with Crippen molar-refractivity contribution < 1.29 is 9.84 Å². The van der Waals surface area contributed by atoms with Gasteiger partial charge in [0.1, 0.15) is 0 Å². The molecule has 0 bridgehead atoms. The van der Waals surface area contributed by atoms with Crippen molar-refractivity contribution in [2.75, 3.05) is 39.5 Å². The number of guanidine groups is 1. The lowest BCUT2D eigenvalue weighted by molar-refractivity contribution is 0.131. The average Bonchev–Trinajstić information content (AvgIpc) is 3.06. The fourth-order valence-electron chi connectivity index (χ4n) is 3.02. The largest absolute Gasteiger partial charge is 0.396 e. The quantitative estimate of drug-likeness (QED) is 0.367. The van der Waals surface area contributed by atoms with E-state index in [2.05, 4.69) is 41.8 Å². The zero-order valence-corrected chi connectivity index (χ0v) is 14.8. The van der Waals surface area contributed by atoms with E-state index in [0.29, 0.717) is 13.2 Å². The maximum Gasteiger partial charge on any atom is 0.191 e. The molecule has 1 aromatic carbocycles. The van der Waals surface area contributed by atoms with Crippen molar-refractivity contribution in [1.82, 2.24) is 10.6 Å². The van der Waals surface area contributed by atoms with Gasteiger partial charge < -0.3 is 20.5 Å². The summed E-state index contributed by atoms with van der Waals surface area (Å²) in [5.74, 6) is 0.856. The van der Waals surface area contributed by atoms with Crippen LogP contribution in [0, 0.1) is 5.41 Å². The maximum atomic E-state index is 9.31. The highest BCUT2D eigenvalue weighted by Crippen LogP contribution is 2.32. The number of aliphatic hydroxyl groups excluding tert-OH is 1. The first-order valence-corrected chi connectivity index (χ1v) is 9.03. The molecule has 1 aromatic rings. The monoisotopic (exact) mass is 333 g/mol. The third-order valence-electron chi connectivity index (χ3n) is 4.52. The number of nitrogens with one attached hydrogen (secondary N) is 2. The van der Waals surface area contributed by atoms with Crippen LogP contribution in [0.5, 0.6) is 0 Å². The summed E-state index contributed by atoms with van der Waals surface area (Å²) in [7, 11) is 0. The van der Waals surface area contributed by atoms with Crippen molar-refractivity contribution in [2.24, 2.45) is 10.4 Å². The van der Waals surface area contributed by atoms with Gasteiger partial charge in [-0.15, -0.1) is 0 Å². The van der Waals surface area contributed by atoms with Crippen molar-refractivity contribution in [3.8, 4) is 0 Å². The number of benzene rings is 1. The van der Waals surface area contributed by atoms with E-state index in [0.717, 1.165) is 51.3 Å². The molecule has 24 heavy (non-hydrogen) atoms. The van der Waals surface area contributed by atoms with Gasteiger partial charge >= 0.3 is 0 Å². The van der Waals surface area contributed by atoms with E-state index in [1.54, 1.807) is 0 Å². The number of aliphatic imine (C=N–C) groups is 1. The fraction of sp³-hybridized carbons (Fsp3) is 0.632. The molecule has 2 rings (SSSR count). The first-order valence-electron chi connectivity index (χ1n) is 9.03. The van der Waals surface area contributed by atoms with Gasteiger partial charge in [-0.1, -0.05) is 30.3 Å². The molecule has 0 amide bonds. The molecule has 1 saturated heterocycles. The Bertz CT molecular complexity index is 485. The number of rotatable bonds is 9. The summed E-state index contributed by atoms with van der Waals surface area (Å²) in [6.07, 6.45) is 3.86. The molecule has 1 atom stereocenters. The van der Waals surface area contributed by atoms with Gasteiger partial charge in [0.05, 0.1) is 13.2 Å². The lowest BCUT2D eigenvalue weighted by atomic mass is 9.84. The summed E-state index contributed by atoms with van der Waals surface area (Å²) in [6.45, 7) is 6.17. The molecule has 1 aliphatic rings. The molecule has 1 aliphatic heterocycles. The summed E-state index contributed by atoms with van der Waals surface area (Å²) in [4.78, 5) is 4.73.